The van der Waals surface area contributed by atoms with E-state index in [2.05, 4.69) is 17.4 Å². The molecule has 0 bridgehead atoms. The lowest BCUT2D eigenvalue weighted by Gasteiger charge is -2.15. The molecular weight excluding hydrogens is 280 g/mol. The monoisotopic (exact) mass is 298 g/mol. The van der Waals surface area contributed by atoms with Crippen molar-refractivity contribution in [3.63, 3.8) is 0 Å². The van der Waals surface area contributed by atoms with Gasteiger partial charge in [0.05, 0.1) is 5.25 Å². The third-order valence-electron chi connectivity index (χ3n) is 3.74. The van der Waals surface area contributed by atoms with Crippen LogP contribution in [-0.2, 0) is 11.2 Å². The van der Waals surface area contributed by atoms with Gasteiger partial charge in [-0.05, 0) is 55.2 Å². The van der Waals surface area contributed by atoms with E-state index in [9.17, 15) is 4.79 Å². The maximum atomic E-state index is 12.5. The quantitative estimate of drug-likeness (QED) is 0.834. The van der Waals surface area contributed by atoms with Crippen LogP contribution in [0.1, 0.15) is 16.7 Å². The summed E-state index contributed by atoms with van der Waals surface area (Å²) in [5, 5.41) is 3.01. The lowest BCUT2D eigenvalue weighted by molar-refractivity contribution is -0.115. The summed E-state index contributed by atoms with van der Waals surface area (Å²) >= 11 is 1.64. The van der Waals surface area contributed by atoms with Crippen LogP contribution in [0.3, 0.4) is 0 Å². The summed E-state index contributed by atoms with van der Waals surface area (Å²) in [4.78, 5) is 13.7. The lowest BCUT2D eigenvalue weighted by Crippen LogP contribution is -2.25. The third kappa shape index (κ3) is 2.76. The molecule has 1 aliphatic heterocycles. The van der Waals surface area contributed by atoms with Crippen LogP contribution in [-0.4, -0.2) is 11.2 Å². The first kappa shape index (κ1) is 14.0. The molecule has 3 rings (SSSR count). The second-order valence-corrected chi connectivity index (χ2v) is 6.68. The Bertz CT molecular complexity index is 664. The van der Waals surface area contributed by atoms with Crippen molar-refractivity contribution in [2.24, 2.45) is 0 Å². The van der Waals surface area contributed by atoms with Gasteiger partial charge in [-0.2, -0.15) is 0 Å². The number of hydrogen-bond acceptors (Lipinski definition) is 3. The van der Waals surface area contributed by atoms with Crippen LogP contribution >= 0.6 is 11.8 Å². The number of nitrogens with two attached hydrogens (primary N) is 1. The minimum Gasteiger partial charge on any atom is -0.399 e. The average Bonchev–Trinajstić information content (AvgIpc) is 2.86. The van der Waals surface area contributed by atoms with E-state index < -0.39 is 0 Å². The summed E-state index contributed by atoms with van der Waals surface area (Å²) in [5.74, 6) is 0.0622. The van der Waals surface area contributed by atoms with Crippen LogP contribution in [0, 0.1) is 13.8 Å². The SMILES string of the molecule is Cc1cc(N)cc(C)c1NC(=O)C1Cc2ccccc2S1. The number of carbonyl (C=O) groups is 1. The number of fused-ring (bicyclic) bond motifs is 1. The molecule has 4 heteroatoms. The summed E-state index contributed by atoms with van der Waals surface area (Å²) in [5.41, 5.74) is 10.7. The number of nitrogen functional groups attached to an aromatic ring is 1. The van der Waals surface area contributed by atoms with Crippen molar-refractivity contribution in [1.29, 1.82) is 0 Å². The molecule has 1 atom stereocenters. The highest BCUT2D eigenvalue weighted by Crippen LogP contribution is 2.37. The zero-order chi connectivity index (χ0) is 15.0. The first-order chi connectivity index (χ1) is 10.0. The molecule has 1 heterocycles. The van der Waals surface area contributed by atoms with E-state index in [1.807, 2.05) is 38.1 Å². The molecular formula is C17H18N2OS. The smallest absolute Gasteiger partial charge is 0.238 e. The number of anilines is 2. The Morgan fingerprint density at radius 2 is 1.90 bits per heavy atom. The maximum Gasteiger partial charge on any atom is 0.238 e. The number of benzene rings is 2. The van der Waals surface area contributed by atoms with Gasteiger partial charge >= 0.3 is 0 Å². The van der Waals surface area contributed by atoms with Crippen molar-refractivity contribution in [2.75, 3.05) is 11.1 Å². The van der Waals surface area contributed by atoms with Gasteiger partial charge in [-0.3, -0.25) is 4.79 Å². The largest absolute Gasteiger partial charge is 0.399 e. The normalized spacial score (nSPS) is 16.6. The molecule has 108 valence electrons. The van der Waals surface area contributed by atoms with Gasteiger partial charge < -0.3 is 11.1 Å². The molecule has 0 spiro atoms. The fraction of sp³-hybridized carbons (Fsp3) is 0.235. The number of rotatable bonds is 2. The van der Waals surface area contributed by atoms with E-state index in [1.54, 1.807) is 11.8 Å². The Kier molecular flexibility index (Phi) is 3.64. The Balaban J connectivity index is 1.77. The van der Waals surface area contributed by atoms with E-state index in [4.69, 9.17) is 5.73 Å². The van der Waals surface area contributed by atoms with E-state index in [1.165, 1.54) is 10.5 Å². The number of aryl methyl sites for hydroxylation is 2. The Morgan fingerprint density at radius 3 is 2.57 bits per heavy atom. The summed E-state index contributed by atoms with van der Waals surface area (Å²) in [6.45, 7) is 3.94. The summed E-state index contributed by atoms with van der Waals surface area (Å²) < 4.78 is 0. The van der Waals surface area contributed by atoms with Gasteiger partial charge in [0, 0.05) is 16.3 Å². The van der Waals surface area contributed by atoms with Gasteiger partial charge in [0.1, 0.15) is 0 Å². The van der Waals surface area contributed by atoms with Crippen LogP contribution in [0.5, 0.6) is 0 Å². The van der Waals surface area contributed by atoms with E-state index in [-0.39, 0.29) is 11.2 Å². The summed E-state index contributed by atoms with van der Waals surface area (Å²) in [6, 6.07) is 12.0. The summed E-state index contributed by atoms with van der Waals surface area (Å²) in [6.07, 6.45) is 0.791. The van der Waals surface area contributed by atoms with Crippen molar-refractivity contribution in [3.05, 3.63) is 53.1 Å². The fourth-order valence-corrected chi connectivity index (χ4v) is 3.92. The van der Waals surface area contributed by atoms with Gasteiger partial charge in [-0.1, -0.05) is 18.2 Å². The van der Waals surface area contributed by atoms with Crippen molar-refractivity contribution in [3.8, 4) is 0 Å². The first-order valence-corrected chi connectivity index (χ1v) is 7.84. The van der Waals surface area contributed by atoms with Gasteiger partial charge in [0.15, 0.2) is 0 Å². The van der Waals surface area contributed by atoms with E-state index in [0.717, 1.165) is 28.9 Å². The molecule has 2 aromatic carbocycles. The zero-order valence-electron chi connectivity index (χ0n) is 12.1. The standard InChI is InChI=1S/C17H18N2OS/c1-10-7-13(18)8-11(2)16(10)19-17(20)15-9-12-5-3-4-6-14(12)21-15/h3-8,15H,9,18H2,1-2H3,(H,19,20). The predicted molar refractivity (Wildman–Crippen MR) is 88.7 cm³/mol. The molecule has 3 nitrogen and oxygen atoms in total. The highest BCUT2D eigenvalue weighted by Gasteiger charge is 2.28. The number of amides is 1. The molecule has 21 heavy (non-hydrogen) atoms. The number of carbonyl (C=O) groups excluding carboxylic acids is 1. The van der Waals surface area contributed by atoms with E-state index in [0.29, 0.717) is 0 Å². The maximum absolute atomic E-state index is 12.5. The number of thioether (sulfide) groups is 1. The Morgan fingerprint density at radius 1 is 1.24 bits per heavy atom. The minimum absolute atomic E-state index is 0.0567. The van der Waals surface area contributed by atoms with E-state index >= 15 is 0 Å². The number of hydrogen-bond donors (Lipinski definition) is 2. The Hall–Kier alpha value is -1.94. The molecule has 1 amide bonds. The van der Waals surface area contributed by atoms with Gasteiger partial charge in [-0.15, -0.1) is 11.8 Å². The topological polar surface area (TPSA) is 55.1 Å². The highest BCUT2D eigenvalue weighted by atomic mass is 32.2. The van der Waals surface area contributed by atoms with Gasteiger partial charge in [-0.25, -0.2) is 0 Å². The van der Waals surface area contributed by atoms with Gasteiger partial charge in [0.25, 0.3) is 0 Å². The average molecular weight is 298 g/mol. The second-order valence-electron chi connectivity index (χ2n) is 5.44. The van der Waals surface area contributed by atoms with Crippen molar-refractivity contribution >= 4 is 29.0 Å². The molecule has 1 unspecified atom stereocenters. The van der Waals surface area contributed by atoms with Crippen molar-refractivity contribution in [1.82, 2.24) is 0 Å². The predicted octanol–water partition coefficient (Wildman–Crippen LogP) is 3.54. The first-order valence-electron chi connectivity index (χ1n) is 6.97. The molecule has 0 saturated heterocycles. The fourth-order valence-electron chi connectivity index (χ4n) is 2.73. The zero-order valence-corrected chi connectivity index (χ0v) is 13.0. The van der Waals surface area contributed by atoms with Crippen molar-refractivity contribution < 1.29 is 4.79 Å². The van der Waals surface area contributed by atoms with Crippen LogP contribution in [0.15, 0.2) is 41.3 Å². The molecule has 1 aliphatic rings. The van der Waals surface area contributed by atoms with Crippen LogP contribution in [0.25, 0.3) is 0 Å². The molecule has 0 aromatic heterocycles. The van der Waals surface area contributed by atoms with Crippen molar-refractivity contribution in [2.45, 2.75) is 30.4 Å². The minimum atomic E-state index is -0.0567. The Labute approximate surface area is 128 Å². The van der Waals surface area contributed by atoms with Crippen LogP contribution in [0.4, 0.5) is 11.4 Å². The summed E-state index contributed by atoms with van der Waals surface area (Å²) in [7, 11) is 0. The lowest BCUT2D eigenvalue weighted by atomic mass is 10.1. The molecule has 2 aromatic rings. The second kappa shape index (κ2) is 5.45. The molecule has 0 saturated carbocycles. The third-order valence-corrected chi connectivity index (χ3v) is 5.06. The van der Waals surface area contributed by atoms with Crippen LogP contribution < -0.4 is 11.1 Å². The highest BCUT2D eigenvalue weighted by molar-refractivity contribution is 8.01. The molecule has 0 aliphatic carbocycles. The molecule has 3 N–H and O–H groups in total. The molecule has 0 radical (unpaired) electrons. The molecule has 0 fully saturated rings. The van der Waals surface area contributed by atoms with Gasteiger partial charge in [0.2, 0.25) is 5.91 Å². The van der Waals surface area contributed by atoms with Crippen LogP contribution in [0.2, 0.25) is 0 Å². The number of nitrogens with one attached hydrogen (secondary N) is 1.